The summed E-state index contributed by atoms with van der Waals surface area (Å²) in [4.78, 5) is 11.6. The van der Waals surface area contributed by atoms with Gasteiger partial charge in [-0.05, 0) is 48.5 Å². The van der Waals surface area contributed by atoms with Gasteiger partial charge >= 0.3 is 5.97 Å². The van der Waals surface area contributed by atoms with Crippen LogP contribution < -0.4 is 9.44 Å². The molecular weight excluding hydrogens is 256 g/mol. The first kappa shape index (κ1) is 17.3. The Hall–Kier alpha value is -0.660. The van der Waals surface area contributed by atoms with Crippen molar-refractivity contribution in [2.24, 2.45) is 0 Å². The zero-order valence-corrected chi connectivity index (χ0v) is 12.9. The first-order valence-electron chi connectivity index (χ1n) is 5.76. The Balaban J connectivity index is 4.57. The molecule has 0 aliphatic heterocycles. The van der Waals surface area contributed by atoms with E-state index in [0.717, 1.165) is 0 Å². The predicted octanol–water partition coefficient (Wildman–Crippen LogP) is 0.939. The number of nitrogens with one attached hydrogen (secondary N) is 2. The lowest BCUT2D eigenvalue weighted by molar-refractivity contribution is -0.156. The second kappa shape index (κ2) is 5.54. The van der Waals surface area contributed by atoms with E-state index in [4.69, 9.17) is 4.74 Å². The van der Waals surface area contributed by atoms with Crippen molar-refractivity contribution in [2.45, 2.75) is 65.6 Å². The third-order valence-corrected chi connectivity index (χ3v) is 3.08. The van der Waals surface area contributed by atoms with Gasteiger partial charge in [0.25, 0.3) is 10.2 Å². The van der Waals surface area contributed by atoms with Crippen LogP contribution in [0, 0.1) is 0 Å². The molecule has 0 spiro atoms. The molecule has 108 valence electrons. The maximum atomic E-state index is 11.7. The fourth-order valence-electron chi connectivity index (χ4n) is 1.10. The van der Waals surface area contributed by atoms with Crippen molar-refractivity contribution in [3.05, 3.63) is 0 Å². The van der Waals surface area contributed by atoms with E-state index in [1.54, 1.807) is 41.5 Å². The number of rotatable bonds is 4. The van der Waals surface area contributed by atoms with Crippen molar-refractivity contribution in [1.29, 1.82) is 0 Å². The highest BCUT2D eigenvalue weighted by atomic mass is 32.2. The SMILES string of the molecule is C[C@H](NS(=O)(=O)NC(C)(C)C)C(=O)OC(C)(C)C. The van der Waals surface area contributed by atoms with Crippen LogP contribution in [0.15, 0.2) is 0 Å². The van der Waals surface area contributed by atoms with Gasteiger partial charge in [0.15, 0.2) is 0 Å². The number of ether oxygens (including phenoxy) is 1. The van der Waals surface area contributed by atoms with Gasteiger partial charge in [-0.2, -0.15) is 17.9 Å². The van der Waals surface area contributed by atoms with E-state index in [9.17, 15) is 13.2 Å². The summed E-state index contributed by atoms with van der Waals surface area (Å²) < 4.78 is 33.1. The molecule has 0 aromatic heterocycles. The lowest BCUT2D eigenvalue weighted by Crippen LogP contribution is -2.51. The Morgan fingerprint density at radius 3 is 1.89 bits per heavy atom. The molecule has 0 saturated heterocycles. The van der Waals surface area contributed by atoms with Crippen LogP contribution in [0.1, 0.15) is 48.5 Å². The van der Waals surface area contributed by atoms with Gasteiger partial charge in [0.05, 0.1) is 0 Å². The molecule has 18 heavy (non-hydrogen) atoms. The van der Waals surface area contributed by atoms with Crippen molar-refractivity contribution in [2.75, 3.05) is 0 Å². The van der Waals surface area contributed by atoms with Crippen molar-refractivity contribution in [1.82, 2.24) is 9.44 Å². The molecule has 2 N–H and O–H groups in total. The zero-order valence-electron chi connectivity index (χ0n) is 12.1. The number of carbonyl (C=O) groups is 1. The molecule has 0 heterocycles. The van der Waals surface area contributed by atoms with Gasteiger partial charge in [0.1, 0.15) is 11.6 Å². The number of carbonyl (C=O) groups excluding carboxylic acids is 1. The minimum absolute atomic E-state index is 0.609. The second-order valence-corrected chi connectivity index (χ2v) is 7.68. The van der Waals surface area contributed by atoms with Crippen LogP contribution in [0.5, 0.6) is 0 Å². The molecule has 0 aliphatic rings. The third kappa shape index (κ3) is 8.43. The summed E-state index contributed by atoms with van der Waals surface area (Å²) in [6, 6.07) is -0.941. The molecule has 7 heteroatoms. The Kier molecular flexibility index (Phi) is 5.34. The molecule has 0 bridgehead atoms. The first-order valence-corrected chi connectivity index (χ1v) is 7.24. The van der Waals surface area contributed by atoms with Crippen LogP contribution in [0.3, 0.4) is 0 Å². The highest BCUT2D eigenvalue weighted by Crippen LogP contribution is 2.09. The molecule has 0 fully saturated rings. The third-order valence-electron chi connectivity index (χ3n) is 1.53. The van der Waals surface area contributed by atoms with Crippen LogP contribution in [-0.4, -0.2) is 31.6 Å². The standard InChI is InChI=1S/C11H24N2O4S/c1-8(9(14)17-11(5,6)7)12-18(15,16)13-10(2,3)4/h8,12-13H,1-7H3/t8-/m0/s1. The van der Waals surface area contributed by atoms with Crippen molar-refractivity contribution in [3.63, 3.8) is 0 Å². The predicted molar refractivity (Wildman–Crippen MR) is 70.3 cm³/mol. The van der Waals surface area contributed by atoms with Gasteiger partial charge in [-0.15, -0.1) is 0 Å². The number of hydrogen-bond donors (Lipinski definition) is 2. The van der Waals surface area contributed by atoms with Gasteiger partial charge in [0.2, 0.25) is 0 Å². The summed E-state index contributed by atoms with van der Waals surface area (Å²) in [5.41, 5.74) is -1.26. The average Bonchev–Trinajstić information content (AvgIpc) is 1.93. The Labute approximate surface area is 110 Å². The quantitative estimate of drug-likeness (QED) is 0.751. The van der Waals surface area contributed by atoms with Crippen molar-refractivity contribution in [3.8, 4) is 0 Å². The summed E-state index contributed by atoms with van der Waals surface area (Å²) in [5, 5.41) is 0. The molecular formula is C11H24N2O4S. The minimum Gasteiger partial charge on any atom is -0.459 e. The molecule has 0 unspecified atom stereocenters. The minimum atomic E-state index is -3.74. The van der Waals surface area contributed by atoms with Gasteiger partial charge in [-0.25, -0.2) is 0 Å². The normalized spacial score (nSPS) is 15.3. The fraction of sp³-hybridized carbons (Fsp3) is 0.909. The van der Waals surface area contributed by atoms with E-state index >= 15 is 0 Å². The molecule has 0 amide bonds. The molecule has 0 aromatic carbocycles. The summed E-state index contributed by atoms with van der Waals surface area (Å²) in [6.07, 6.45) is 0. The van der Waals surface area contributed by atoms with Crippen molar-refractivity contribution >= 4 is 16.2 Å². The Bertz CT molecular complexity index is 390. The van der Waals surface area contributed by atoms with E-state index in [0.29, 0.717) is 0 Å². The lowest BCUT2D eigenvalue weighted by Gasteiger charge is -2.25. The van der Waals surface area contributed by atoms with Crippen LogP contribution in [0.4, 0.5) is 0 Å². The molecule has 0 saturated carbocycles. The largest absolute Gasteiger partial charge is 0.459 e. The number of hydrogen-bond acceptors (Lipinski definition) is 4. The zero-order chi connectivity index (χ0) is 14.8. The Morgan fingerprint density at radius 2 is 1.56 bits per heavy atom. The topological polar surface area (TPSA) is 84.5 Å². The van der Waals surface area contributed by atoms with Crippen LogP contribution >= 0.6 is 0 Å². The highest BCUT2D eigenvalue weighted by Gasteiger charge is 2.27. The number of esters is 1. The van der Waals surface area contributed by atoms with E-state index in [1.807, 2.05) is 0 Å². The van der Waals surface area contributed by atoms with Gasteiger partial charge in [-0.1, -0.05) is 0 Å². The van der Waals surface area contributed by atoms with E-state index < -0.39 is 33.4 Å². The highest BCUT2D eigenvalue weighted by molar-refractivity contribution is 7.87. The van der Waals surface area contributed by atoms with E-state index in [1.165, 1.54) is 6.92 Å². The molecule has 0 radical (unpaired) electrons. The Morgan fingerprint density at radius 1 is 1.11 bits per heavy atom. The smallest absolute Gasteiger partial charge is 0.324 e. The van der Waals surface area contributed by atoms with Crippen LogP contribution in [-0.2, 0) is 19.7 Å². The first-order chi connectivity index (χ1) is 7.72. The summed E-state index contributed by atoms with van der Waals surface area (Å²) >= 11 is 0. The van der Waals surface area contributed by atoms with Crippen LogP contribution in [0.2, 0.25) is 0 Å². The molecule has 6 nitrogen and oxygen atoms in total. The van der Waals surface area contributed by atoms with E-state index in [2.05, 4.69) is 9.44 Å². The monoisotopic (exact) mass is 280 g/mol. The molecule has 0 aliphatic carbocycles. The molecule has 0 aromatic rings. The summed E-state index contributed by atoms with van der Waals surface area (Å²) in [5.74, 6) is -0.609. The molecule has 0 rings (SSSR count). The lowest BCUT2D eigenvalue weighted by atomic mass is 10.1. The fourth-order valence-corrected chi connectivity index (χ4v) is 2.53. The summed E-state index contributed by atoms with van der Waals surface area (Å²) in [6.45, 7) is 11.7. The van der Waals surface area contributed by atoms with Crippen molar-refractivity contribution < 1.29 is 17.9 Å². The van der Waals surface area contributed by atoms with Gasteiger partial charge in [-0.3, -0.25) is 4.79 Å². The summed E-state index contributed by atoms with van der Waals surface area (Å²) in [7, 11) is -3.74. The maximum absolute atomic E-state index is 11.7. The maximum Gasteiger partial charge on any atom is 0.324 e. The second-order valence-electron chi connectivity index (χ2n) is 6.23. The molecule has 1 atom stereocenters. The van der Waals surface area contributed by atoms with E-state index in [-0.39, 0.29) is 0 Å². The van der Waals surface area contributed by atoms with Gasteiger partial charge in [0, 0.05) is 5.54 Å². The van der Waals surface area contributed by atoms with Crippen LogP contribution in [0.25, 0.3) is 0 Å². The van der Waals surface area contributed by atoms with Gasteiger partial charge < -0.3 is 4.74 Å². The average molecular weight is 280 g/mol.